The maximum absolute atomic E-state index is 12.7. The summed E-state index contributed by atoms with van der Waals surface area (Å²) >= 11 is 1.43. The fourth-order valence-electron chi connectivity index (χ4n) is 3.98. The molecular weight excluding hydrogens is 400 g/mol. The number of nitrogens with zero attached hydrogens (tertiary/aromatic N) is 1. The first-order valence-electron chi connectivity index (χ1n) is 11.1. The van der Waals surface area contributed by atoms with E-state index in [0.717, 1.165) is 25.7 Å². The highest BCUT2D eigenvalue weighted by Gasteiger charge is 2.40. The molecular formula is C23H38N2O4S. The van der Waals surface area contributed by atoms with Gasteiger partial charge in [-0.2, -0.15) is 0 Å². The molecule has 6 nitrogen and oxygen atoms in total. The van der Waals surface area contributed by atoms with Gasteiger partial charge >= 0.3 is 0 Å². The molecule has 2 fully saturated rings. The van der Waals surface area contributed by atoms with Crippen LogP contribution in [0.25, 0.3) is 0 Å². The number of Topliss-reactive ketones (excluding diaryl/α,β-unsaturated/α-hetero) is 1. The molecule has 1 aliphatic heterocycles. The van der Waals surface area contributed by atoms with Crippen LogP contribution in [0, 0.1) is 17.3 Å². The molecule has 7 heteroatoms. The molecule has 0 bridgehead atoms. The standard InChI is InChI=1S/C23H38N2O4S/c1-22(2,3)18(26)11-12-30-17-13-19(27)25(21(17)29)14-15-7-9-16(10-8-15)20(28)24-23(4,5)6/h15-17H,7-14H2,1-6H3,(H,24,28). The highest BCUT2D eigenvalue weighted by Crippen LogP contribution is 2.33. The van der Waals surface area contributed by atoms with E-state index in [1.807, 2.05) is 41.5 Å². The molecule has 0 spiro atoms. The Bertz CT molecular complexity index is 670. The first-order valence-corrected chi connectivity index (χ1v) is 12.1. The topological polar surface area (TPSA) is 83.6 Å². The van der Waals surface area contributed by atoms with Gasteiger partial charge in [-0.3, -0.25) is 24.1 Å². The van der Waals surface area contributed by atoms with Crippen LogP contribution in [-0.4, -0.2) is 51.5 Å². The Balaban J connectivity index is 1.78. The predicted molar refractivity (Wildman–Crippen MR) is 120 cm³/mol. The fourth-order valence-corrected chi connectivity index (χ4v) is 5.10. The van der Waals surface area contributed by atoms with Gasteiger partial charge in [-0.1, -0.05) is 20.8 Å². The maximum Gasteiger partial charge on any atom is 0.242 e. The molecule has 1 heterocycles. The average Bonchev–Trinajstić information content (AvgIpc) is 2.87. The molecule has 1 N–H and O–H groups in total. The lowest BCUT2D eigenvalue weighted by Gasteiger charge is -2.32. The molecule has 1 atom stereocenters. The van der Waals surface area contributed by atoms with E-state index in [9.17, 15) is 19.2 Å². The number of ketones is 1. The Morgan fingerprint density at radius 1 is 1.03 bits per heavy atom. The van der Waals surface area contributed by atoms with Crippen molar-refractivity contribution in [1.82, 2.24) is 10.2 Å². The van der Waals surface area contributed by atoms with E-state index in [0.29, 0.717) is 18.7 Å². The molecule has 2 rings (SSSR count). The lowest BCUT2D eigenvalue weighted by molar-refractivity contribution is -0.139. The van der Waals surface area contributed by atoms with Gasteiger partial charge in [0.2, 0.25) is 17.7 Å². The van der Waals surface area contributed by atoms with E-state index in [-0.39, 0.29) is 58.0 Å². The van der Waals surface area contributed by atoms with Crippen molar-refractivity contribution in [2.45, 2.75) is 90.9 Å². The quantitative estimate of drug-likeness (QED) is 0.614. The van der Waals surface area contributed by atoms with Crippen molar-refractivity contribution in [3.05, 3.63) is 0 Å². The zero-order chi connectivity index (χ0) is 22.7. The van der Waals surface area contributed by atoms with Crippen molar-refractivity contribution >= 4 is 35.3 Å². The highest BCUT2D eigenvalue weighted by molar-refractivity contribution is 8.00. The average molecular weight is 439 g/mol. The number of likely N-dealkylation sites (tertiary alicyclic amines) is 1. The van der Waals surface area contributed by atoms with Crippen molar-refractivity contribution in [2.24, 2.45) is 17.3 Å². The Morgan fingerprint density at radius 2 is 1.63 bits per heavy atom. The van der Waals surface area contributed by atoms with E-state index in [1.165, 1.54) is 16.7 Å². The second-order valence-corrected chi connectivity index (χ2v) is 12.1. The normalized spacial score (nSPS) is 25.5. The number of amides is 3. The predicted octanol–water partition coefficient (Wildman–Crippen LogP) is 3.57. The lowest BCUT2D eigenvalue weighted by Crippen LogP contribution is -2.45. The number of thioether (sulfide) groups is 1. The number of carbonyl (C=O) groups excluding carboxylic acids is 4. The van der Waals surface area contributed by atoms with Crippen molar-refractivity contribution in [1.29, 1.82) is 0 Å². The van der Waals surface area contributed by atoms with Crippen molar-refractivity contribution in [3.63, 3.8) is 0 Å². The summed E-state index contributed by atoms with van der Waals surface area (Å²) in [5.74, 6) is 0.929. The summed E-state index contributed by atoms with van der Waals surface area (Å²) in [7, 11) is 0. The summed E-state index contributed by atoms with van der Waals surface area (Å²) in [5.41, 5.74) is -0.600. The molecule has 3 amide bonds. The van der Waals surface area contributed by atoms with Crippen LogP contribution in [0.5, 0.6) is 0 Å². The minimum absolute atomic E-state index is 0.0223. The Morgan fingerprint density at radius 3 is 2.17 bits per heavy atom. The first kappa shape index (κ1) is 24.9. The smallest absolute Gasteiger partial charge is 0.242 e. The minimum atomic E-state index is -0.370. The SMILES string of the molecule is CC(C)(C)NC(=O)C1CCC(CN2C(=O)CC(SCCC(=O)C(C)(C)C)C2=O)CC1. The van der Waals surface area contributed by atoms with Crippen molar-refractivity contribution in [3.8, 4) is 0 Å². The van der Waals surface area contributed by atoms with Crippen LogP contribution in [0.1, 0.15) is 80.1 Å². The van der Waals surface area contributed by atoms with Gasteiger partial charge in [-0.25, -0.2) is 0 Å². The molecule has 1 aliphatic carbocycles. The number of imide groups is 1. The van der Waals surface area contributed by atoms with E-state index >= 15 is 0 Å². The molecule has 0 aromatic rings. The Kier molecular flexibility index (Phi) is 8.16. The maximum atomic E-state index is 12.7. The number of hydrogen-bond acceptors (Lipinski definition) is 5. The van der Waals surface area contributed by atoms with Crippen molar-refractivity contribution in [2.75, 3.05) is 12.3 Å². The molecule has 1 saturated heterocycles. The largest absolute Gasteiger partial charge is 0.351 e. The van der Waals surface area contributed by atoms with Gasteiger partial charge in [0, 0.05) is 42.0 Å². The zero-order valence-electron chi connectivity index (χ0n) is 19.4. The van der Waals surface area contributed by atoms with Gasteiger partial charge in [0.05, 0.1) is 5.25 Å². The number of nitrogens with one attached hydrogen (secondary N) is 1. The summed E-state index contributed by atoms with van der Waals surface area (Å²) in [6.45, 7) is 12.1. The lowest BCUT2D eigenvalue weighted by atomic mass is 9.81. The van der Waals surface area contributed by atoms with Gasteiger partial charge < -0.3 is 5.32 Å². The van der Waals surface area contributed by atoms with Crippen LogP contribution in [0.15, 0.2) is 0 Å². The van der Waals surface area contributed by atoms with Crippen LogP contribution in [-0.2, 0) is 19.2 Å². The van der Waals surface area contributed by atoms with Crippen LogP contribution < -0.4 is 5.32 Å². The number of rotatable bonds is 7. The first-order chi connectivity index (χ1) is 13.8. The minimum Gasteiger partial charge on any atom is -0.351 e. The van der Waals surface area contributed by atoms with Crippen LogP contribution in [0.4, 0.5) is 0 Å². The van der Waals surface area contributed by atoms with Crippen molar-refractivity contribution < 1.29 is 19.2 Å². The summed E-state index contributed by atoms with van der Waals surface area (Å²) in [4.78, 5) is 51.0. The van der Waals surface area contributed by atoms with E-state index in [1.54, 1.807) is 0 Å². The number of hydrogen-bond donors (Lipinski definition) is 1. The molecule has 2 aliphatic rings. The van der Waals surface area contributed by atoms with Gasteiger partial charge in [0.15, 0.2) is 0 Å². The van der Waals surface area contributed by atoms with Gasteiger partial charge in [0.25, 0.3) is 0 Å². The molecule has 1 unspecified atom stereocenters. The second-order valence-electron chi connectivity index (χ2n) is 10.8. The monoisotopic (exact) mass is 438 g/mol. The molecule has 1 saturated carbocycles. The number of carbonyl (C=O) groups is 4. The van der Waals surface area contributed by atoms with Crippen LogP contribution in [0.3, 0.4) is 0 Å². The third-order valence-corrected chi connectivity index (χ3v) is 7.05. The van der Waals surface area contributed by atoms with Gasteiger partial charge in [0.1, 0.15) is 5.78 Å². The Labute approximate surface area is 185 Å². The summed E-state index contributed by atoms with van der Waals surface area (Å²) in [6, 6.07) is 0. The third-order valence-electron chi connectivity index (χ3n) is 5.84. The zero-order valence-corrected chi connectivity index (χ0v) is 20.2. The van der Waals surface area contributed by atoms with E-state index < -0.39 is 0 Å². The molecule has 0 aromatic heterocycles. The Hall–Kier alpha value is -1.37. The second kappa shape index (κ2) is 9.84. The molecule has 170 valence electrons. The van der Waals surface area contributed by atoms with Crippen LogP contribution in [0.2, 0.25) is 0 Å². The summed E-state index contributed by atoms with van der Waals surface area (Å²) in [6.07, 6.45) is 3.98. The summed E-state index contributed by atoms with van der Waals surface area (Å²) < 4.78 is 0. The van der Waals surface area contributed by atoms with Gasteiger partial charge in [-0.05, 0) is 52.4 Å². The third kappa shape index (κ3) is 7.10. The molecule has 30 heavy (non-hydrogen) atoms. The van der Waals surface area contributed by atoms with E-state index in [2.05, 4.69) is 5.32 Å². The fraction of sp³-hybridized carbons (Fsp3) is 0.826. The van der Waals surface area contributed by atoms with Gasteiger partial charge in [-0.15, -0.1) is 11.8 Å². The molecule has 0 radical (unpaired) electrons. The van der Waals surface area contributed by atoms with Crippen LogP contribution >= 0.6 is 11.8 Å². The van der Waals surface area contributed by atoms with E-state index in [4.69, 9.17) is 0 Å². The molecule has 0 aromatic carbocycles. The highest BCUT2D eigenvalue weighted by atomic mass is 32.2. The summed E-state index contributed by atoms with van der Waals surface area (Å²) in [5, 5.41) is 2.69.